The van der Waals surface area contributed by atoms with E-state index in [4.69, 9.17) is 4.74 Å². The molecule has 1 aromatic carbocycles. The van der Waals surface area contributed by atoms with Crippen LogP contribution in [0.1, 0.15) is 11.1 Å². The first kappa shape index (κ1) is 15.5. The zero-order chi connectivity index (χ0) is 15.9. The van der Waals surface area contributed by atoms with Gasteiger partial charge in [-0.15, -0.1) is 0 Å². The first-order valence-electron chi connectivity index (χ1n) is 6.88. The van der Waals surface area contributed by atoms with E-state index in [0.29, 0.717) is 12.2 Å². The predicted octanol–water partition coefficient (Wildman–Crippen LogP) is 2.72. The van der Waals surface area contributed by atoms with Crippen LogP contribution in [0, 0.1) is 24.2 Å². The summed E-state index contributed by atoms with van der Waals surface area (Å²) in [6.07, 6.45) is 2.01. The summed E-state index contributed by atoms with van der Waals surface area (Å²) >= 11 is 0. The molecule has 1 N–H and O–H groups in total. The van der Waals surface area contributed by atoms with Crippen LogP contribution in [0.3, 0.4) is 0 Å². The second-order valence-electron chi connectivity index (χ2n) is 4.94. The molecule has 1 heterocycles. The molecule has 0 saturated carbocycles. The molecule has 1 amide bonds. The summed E-state index contributed by atoms with van der Waals surface area (Å²) in [4.78, 5) is 16.3. The van der Waals surface area contributed by atoms with Gasteiger partial charge in [0.25, 0.3) is 0 Å². The van der Waals surface area contributed by atoms with Gasteiger partial charge in [0, 0.05) is 6.20 Å². The fraction of sp³-hybridized carbons (Fsp3) is 0.235. The molecular formula is C17H17N3O2. The number of benzene rings is 1. The Balaban J connectivity index is 2.02. The van der Waals surface area contributed by atoms with E-state index >= 15 is 0 Å². The third-order valence-corrected chi connectivity index (χ3v) is 3.23. The molecule has 0 bridgehead atoms. The number of aromatic nitrogens is 1. The zero-order valence-electron chi connectivity index (χ0n) is 12.5. The largest absolute Gasteiger partial charge is 0.497 e. The van der Waals surface area contributed by atoms with Gasteiger partial charge < -0.3 is 10.1 Å². The van der Waals surface area contributed by atoms with Crippen molar-refractivity contribution in [3.63, 3.8) is 0 Å². The number of pyridine rings is 1. The predicted molar refractivity (Wildman–Crippen MR) is 83.4 cm³/mol. The summed E-state index contributed by atoms with van der Waals surface area (Å²) in [5.41, 5.74) is 1.91. The average molecular weight is 295 g/mol. The number of hydrogen-bond donors (Lipinski definition) is 1. The van der Waals surface area contributed by atoms with E-state index in [1.807, 2.05) is 43.3 Å². The highest BCUT2D eigenvalue weighted by molar-refractivity contribution is 5.93. The maximum atomic E-state index is 12.2. The monoisotopic (exact) mass is 295 g/mol. The van der Waals surface area contributed by atoms with E-state index < -0.39 is 5.92 Å². The Morgan fingerprint density at radius 2 is 2.05 bits per heavy atom. The number of anilines is 1. The molecule has 0 saturated heterocycles. The summed E-state index contributed by atoms with van der Waals surface area (Å²) in [6, 6.07) is 12.9. The van der Waals surface area contributed by atoms with Crippen LogP contribution in [-0.2, 0) is 11.2 Å². The van der Waals surface area contributed by atoms with E-state index in [0.717, 1.165) is 16.9 Å². The standard InChI is InChI=1S/C17H17N3O2/c1-12-3-8-16(19-11-12)20-17(21)14(10-18)9-13-4-6-15(22-2)7-5-13/h3-8,11,14H,9H2,1-2H3,(H,19,20,21)/t14-/m1/s1. The highest BCUT2D eigenvalue weighted by Gasteiger charge is 2.19. The van der Waals surface area contributed by atoms with Gasteiger partial charge in [-0.1, -0.05) is 18.2 Å². The van der Waals surface area contributed by atoms with Crippen LogP contribution in [0.4, 0.5) is 5.82 Å². The van der Waals surface area contributed by atoms with Gasteiger partial charge in [-0.25, -0.2) is 4.98 Å². The van der Waals surface area contributed by atoms with Crippen molar-refractivity contribution in [2.75, 3.05) is 12.4 Å². The molecule has 112 valence electrons. The Bertz CT molecular complexity index is 673. The summed E-state index contributed by atoms with van der Waals surface area (Å²) in [6.45, 7) is 1.92. The van der Waals surface area contributed by atoms with E-state index in [2.05, 4.69) is 10.3 Å². The van der Waals surface area contributed by atoms with Crippen molar-refractivity contribution in [1.29, 1.82) is 5.26 Å². The van der Waals surface area contributed by atoms with E-state index in [1.54, 1.807) is 19.4 Å². The fourth-order valence-corrected chi connectivity index (χ4v) is 1.95. The molecule has 22 heavy (non-hydrogen) atoms. The number of amides is 1. The minimum absolute atomic E-state index is 0.345. The Morgan fingerprint density at radius 1 is 1.32 bits per heavy atom. The molecule has 0 spiro atoms. The molecule has 0 aliphatic carbocycles. The molecule has 0 radical (unpaired) electrons. The lowest BCUT2D eigenvalue weighted by atomic mass is 10.00. The molecule has 5 heteroatoms. The fourth-order valence-electron chi connectivity index (χ4n) is 1.95. The maximum absolute atomic E-state index is 12.2. The topological polar surface area (TPSA) is 75.0 Å². The van der Waals surface area contributed by atoms with E-state index in [9.17, 15) is 10.1 Å². The number of nitrogens with one attached hydrogen (secondary N) is 1. The molecule has 0 aliphatic heterocycles. The van der Waals surface area contributed by atoms with E-state index in [1.165, 1.54) is 0 Å². The van der Waals surface area contributed by atoms with Gasteiger partial charge in [0.2, 0.25) is 5.91 Å². The molecular weight excluding hydrogens is 278 g/mol. The Hall–Kier alpha value is -2.87. The highest BCUT2D eigenvalue weighted by Crippen LogP contribution is 2.15. The van der Waals surface area contributed by atoms with Gasteiger partial charge in [0.15, 0.2) is 0 Å². The lowest BCUT2D eigenvalue weighted by Gasteiger charge is -2.10. The van der Waals surface area contributed by atoms with Crippen molar-refractivity contribution in [2.24, 2.45) is 5.92 Å². The van der Waals surface area contributed by atoms with Crippen molar-refractivity contribution in [2.45, 2.75) is 13.3 Å². The Morgan fingerprint density at radius 3 is 2.59 bits per heavy atom. The number of rotatable bonds is 5. The van der Waals surface area contributed by atoms with Gasteiger partial charge in [-0.05, 0) is 42.7 Å². The summed E-state index contributed by atoms with van der Waals surface area (Å²) in [5, 5.41) is 11.9. The van der Waals surface area contributed by atoms with Crippen LogP contribution in [0.2, 0.25) is 0 Å². The number of methoxy groups -OCH3 is 1. The second kappa shape index (κ2) is 7.23. The first-order chi connectivity index (χ1) is 10.6. The smallest absolute Gasteiger partial charge is 0.243 e. The summed E-state index contributed by atoms with van der Waals surface area (Å²) < 4.78 is 5.08. The van der Waals surface area contributed by atoms with Crippen LogP contribution in [0.15, 0.2) is 42.6 Å². The van der Waals surface area contributed by atoms with Crippen molar-refractivity contribution in [3.05, 3.63) is 53.7 Å². The maximum Gasteiger partial charge on any atom is 0.243 e. The van der Waals surface area contributed by atoms with Crippen LogP contribution in [0.25, 0.3) is 0 Å². The van der Waals surface area contributed by atoms with Gasteiger partial charge in [0.1, 0.15) is 17.5 Å². The van der Waals surface area contributed by atoms with Crippen molar-refractivity contribution in [3.8, 4) is 11.8 Å². The quantitative estimate of drug-likeness (QED) is 0.920. The third kappa shape index (κ3) is 4.06. The van der Waals surface area contributed by atoms with E-state index in [-0.39, 0.29) is 5.91 Å². The van der Waals surface area contributed by atoms with Crippen LogP contribution in [-0.4, -0.2) is 18.0 Å². The third-order valence-electron chi connectivity index (χ3n) is 3.23. The van der Waals surface area contributed by atoms with Gasteiger partial charge in [-0.3, -0.25) is 4.79 Å². The lowest BCUT2D eigenvalue weighted by Crippen LogP contribution is -2.23. The summed E-state index contributed by atoms with van der Waals surface area (Å²) in [7, 11) is 1.59. The average Bonchev–Trinajstić information content (AvgIpc) is 2.55. The molecule has 2 aromatic rings. The molecule has 5 nitrogen and oxygen atoms in total. The molecule has 2 rings (SSSR count). The number of ether oxygens (including phenoxy) is 1. The summed E-state index contributed by atoms with van der Waals surface area (Å²) in [5.74, 6) is 0.0716. The van der Waals surface area contributed by atoms with Gasteiger partial charge in [-0.2, -0.15) is 5.26 Å². The SMILES string of the molecule is COc1ccc(C[C@H](C#N)C(=O)Nc2ccc(C)cn2)cc1. The minimum atomic E-state index is -0.767. The molecule has 0 aliphatic rings. The van der Waals surface area contributed by atoms with Crippen molar-refractivity contribution in [1.82, 2.24) is 4.98 Å². The highest BCUT2D eigenvalue weighted by atomic mass is 16.5. The van der Waals surface area contributed by atoms with Crippen LogP contribution in [0.5, 0.6) is 5.75 Å². The molecule has 1 aromatic heterocycles. The number of nitrogens with zero attached hydrogens (tertiary/aromatic N) is 2. The second-order valence-corrected chi connectivity index (χ2v) is 4.94. The van der Waals surface area contributed by atoms with Crippen molar-refractivity contribution < 1.29 is 9.53 Å². The van der Waals surface area contributed by atoms with Crippen LogP contribution < -0.4 is 10.1 Å². The number of carbonyl (C=O) groups excluding carboxylic acids is 1. The number of nitriles is 1. The number of aryl methyl sites for hydroxylation is 1. The Kier molecular flexibility index (Phi) is 5.10. The molecule has 0 fully saturated rings. The Labute approximate surface area is 129 Å². The van der Waals surface area contributed by atoms with Crippen LogP contribution >= 0.6 is 0 Å². The zero-order valence-corrected chi connectivity index (χ0v) is 12.5. The first-order valence-corrected chi connectivity index (χ1v) is 6.88. The van der Waals surface area contributed by atoms with Crippen molar-refractivity contribution >= 4 is 11.7 Å². The molecule has 0 unspecified atom stereocenters. The van der Waals surface area contributed by atoms with Gasteiger partial charge in [0.05, 0.1) is 13.2 Å². The number of hydrogen-bond acceptors (Lipinski definition) is 4. The number of carbonyl (C=O) groups is 1. The normalized spacial score (nSPS) is 11.3. The van der Waals surface area contributed by atoms with Gasteiger partial charge >= 0.3 is 0 Å². The lowest BCUT2D eigenvalue weighted by molar-refractivity contribution is -0.118. The molecule has 1 atom stereocenters. The minimum Gasteiger partial charge on any atom is -0.497 e.